The zero-order valence-corrected chi connectivity index (χ0v) is 13.1. The van der Waals surface area contributed by atoms with Crippen LogP contribution in [0.3, 0.4) is 0 Å². The van der Waals surface area contributed by atoms with Gasteiger partial charge in [0.05, 0.1) is 17.1 Å². The summed E-state index contributed by atoms with van der Waals surface area (Å²) >= 11 is 3.43. The lowest BCUT2D eigenvalue weighted by atomic mass is 10.1. The zero-order valence-electron chi connectivity index (χ0n) is 11.5. The van der Waals surface area contributed by atoms with Gasteiger partial charge in [-0.25, -0.2) is 0 Å². The van der Waals surface area contributed by atoms with Gasteiger partial charge in [0.1, 0.15) is 0 Å². The first-order valence-corrected chi connectivity index (χ1v) is 7.14. The van der Waals surface area contributed by atoms with Gasteiger partial charge in [-0.3, -0.25) is 10.1 Å². The zero-order chi connectivity index (χ0) is 15.4. The van der Waals surface area contributed by atoms with Gasteiger partial charge in [0, 0.05) is 29.8 Å². The molecule has 21 heavy (non-hydrogen) atoms. The molecule has 0 aliphatic rings. The number of nitro benzene ring substituents is 1. The lowest BCUT2D eigenvalue weighted by Gasteiger charge is -2.20. The topological polar surface area (TPSA) is 66.6 Å². The van der Waals surface area contributed by atoms with Crippen LogP contribution in [0.1, 0.15) is 11.1 Å². The first kappa shape index (κ1) is 15.5. The molecule has 0 bridgehead atoms. The van der Waals surface area contributed by atoms with E-state index in [0.29, 0.717) is 12.1 Å². The first-order chi connectivity index (χ1) is 10.0. The molecule has 2 rings (SSSR count). The van der Waals surface area contributed by atoms with E-state index in [1.165, 1.54) is 6.07 Å². The van der Waals surface area contributed by atoms with Crippen LogP contribution in [0.5, 0.6) is 0 Å². The van der Waals surface area contributed by atoms with E-state index in [2.05, 4.69) is 15.9 Å². The van der Waals surface area contributed by atoms with Crippen molar-refractivity contribution in [1.29, 1.82) is 0 Å². The van der Waals surface area contributed by atoms with Crippen molar-refractivity contribution >= 4 is 27.3 Å². The number of aliphatic hydroxyl groups is 1. The minimum Gasteiger partial charge on any atom is -0.391 e. The van der Waals surface area contributed by atoms with E-state index in [1.54, 1.807) is 12.1 Å². The number of benzene rings is 2. The van der Waals surface area contributed by atoms with E-state index in [0.717, 1.165) is 15.7 Å². The molecule has 0 amide bonds. The highest BCUT2D eigenvalue weighted by Gasteiger charge is 2.14. The van der Waals surface area contributed by atoms with Crippen LogP contribution in [0.2, 0.25) is 0 Å². The molecule has 0 saturated carbocycles. The van der Waals surface area contributed by atoms with Crippen molar-refractivity contribution in [3.63, 3.8) is 0 Å². The normalized spacial score (nSPS) is 10.4. The van der Waals surface area contributed by atoms with Crippen LogP contribution in [0.4, 0.5) is 11.4 Å². The average molecular weight is 351 g/mol. The number of rotatable bonds is 5. The quantitative estimate of drug-likeness (QED) is 0.662. The van der Waals surface area contributed by atoms with E-state index in [-0.39, 0.29) is 12.3 Å². The van der Waals surface area contributed by atoms with Crippen molar-refractivity contribution in [3.8, 4) is 0 Å². The van der Waals surface area contributed by atoms with Crippen LogP contribution in [0.25, 0.3) is 0 Å². The maximum Gasteiger partial charge on any atom is 0.275 e. The summed E-state index contributed by atoms with van der Waals surface area (Å²) in [5, 5.41) is 20.1. The number of aliphatic hydroxyl groups excluding tert-OH is 1. The lowest BCUT2D eigenvalue weighted by Crippen LogP contribution is -2.16. The number of hydrogen-bond donors (Lipinski definition) is 1. The van der Waals surface area contributed by atoms with Crippen LogP contribution in [-0.4, -0.2) is 17.1 Å². The van der Waals surface area contributed by atoms with Crippen molar-refractivity contribution in [1.82, 2.24) is 0 Å². The molecule has 0 fully saturated rings. The van der Waals surface area contributed by atoms with Gasteiger partial charge in [-0.2, -0.15) is 0 Å². The fourth-order valence-corrected chi connectivity index (χ4v) is 2.56. The van der Waals surface area contributed by atoms with Gasteiger partial charge >= 0.3 is 0 Å². The van der Waals surface area contributed by atoms with Crippen LogP contribution in [0.15, 0.2) is 46.9 Å². The molecule has 110 valence electrons. The fourth-order valence-electron chi connectivity index (χ4n) is 2.11. The summed E-state index contributed by atoms with van der Waals surface area (Å²) < 4.78 is 1.01. The Kier molecular flexibility index (Phi) is 4.93. The van der Waals surface area contributed by atoms with E-state index < -0.39 is 4.92 Å². The van der Waals surface area contributed by atoms with Gasteiger partial charge in [-0.1, -0.05) is 28.1 Å². The molecule has 2 aromatic rings. The Bertz CT molecular complexity index is 661. The third-order valence-corrected chi connectivity index (χ3v) is 3.67. The second kappa shape index (κ2) is 6.69. The molecule has 0 spiro atoms. The highest BCUT2D eigenvalue weighted by molar-refractivity contribution is 9.10. The molecule has 0 saturated heterocycles. The lowest BCUT2D eigenvalue weighted by molar-refractivity contribution is -0.385. The first-order valence-electron chi connectivity index (χ1n) is 6.35. The van der Waals surface area contributed by atoms with Crippen molar-refractivity contribution in [2.45, 2.75) is 13.2 Å². The Balaban J connectivity index is 2.23. The average Bonchev–Trinajstić information content (AvgIpc) is 2.46. The number of nitrogens with zero attached hydrogens (tertiary/aromatic N) is 2. The number of hydrogen-bond acceptors (Lipinski definition) is 4. The second-order valence-electron chi connectivity index (χ2n) is 4.71. The third kappa shape index (κ3) is 3.80. The Morgan fingerprint density at radius 1 is 1.29 bits per heavy atom. The molecular weight excluding hydrogens is 336 g/mol. The molecule has 0 atom stereocenters. The molecular formula is C15H15BrN2O3. The number of halogens is 1. The number of anilines is 1. The van der Waals surface area contributed by atoms with Gasteiger partial charge < -0.3 is 10.0 Å². The largest absolute Gasteiger partial charge is 0.391 e. The summed E-state index contributed by atoms with van der Waals surface area (Å²) in [5.41, 5.74) is 2.20. The third-order valence-electron chi connectivity index (χ3n) is 3.18. The molecule has 1 N–H and O–H groups in total. The molecule has 2 aromatic carbocycles. The summed E-state index contributed by atoms with van der Waals surface area (Å²) in [6.07, 6.45) is 0. The predicted octanol–water partition coefficient (Wildman–Crippen LogP) is 3.49. The van der Waals surface area contributed by atoms with E-state index in [4.69, 9.17) is 0 Å². The van der Waals surface area contributed by atoms with Crippen LogP contribution >= 0.6 is 15.9 Å². The molecule has 0 heterocycles. The van der Waals surface area contributed by atoms with Gasteiger partial charge in [0.15, 0.2) is 0 Å². The summed E-state index contributed by atoms with van der Waals surface area (Å²) in [6.45, 7) is 0.316. The van der Waals surface area contributed by atoms with Crippen molar-refractivity contribution in [2.75, 3.05) is 11.9 Å². The van der Waals surface area contributed by atoms with Crippen molar-refractivity contribution in [2.24, 2.45) is 0 Å². The molecule has 0 unspecified atom stereocenters. The summed E-state index contributed by atoms with van der Waals surface area (Å²) in [7, 11) is 1.91. The highest BCUT2D eigenvalue weighted by Crippen LogP contribution is 2.25. The van der Waals surface area contributed by atoms with E-state index in [9.17, 15) is 15.2 Å². The molecule has 0 aliphatic carbocycles. The van der Waals surface area contributed by atoms with Gasteiger partial charge in [0.25, 0.3) is 5.69 Å². The van der Waals surface area contributed by atoms with Gasteiger partial charge in [0.2, 0.25) is 0 Å². The molecule has 0 radical (unpaired) electrons. The van der Waals surface area contributed by atoms with E-state index >= 15 is 0 Å². The molecule has 6 heteroatoms. The fraction of sp³-hybridized carbons (Fsp3) is 0.200. The predicted molar refractivity (Wildman–Crippen MR) is 85.3 cm³/mol. The second-order valence-corrected chi connectivity index (χ2v) is 5.63. The Morgan fingerprint density at radius 2 is 2.05 bits per heavy atom. The van der Waals surface area contributed by atoms with Crippen LogP contribution < -0.4 is 4.90 Å². The molecule has 5 nitrogen and oxygen atoms in total. The highest BCUT2D eigenvalue weighted by atomic mass is 79.9. The van der Waals surface area contributed by atoms with Crippen molar-refractivity contribution < 1.29 is 10.0 Å². The smallest absolute Gasteiger partial charge is 0.275 e. The standard InChI is InChI=1S/C15H15BrN2O3/c1-17(9-11-3-2-4-13(16)7-11)14-5-6-15(18(20)21)12(8-14)10-19/h2-8,19H,9-10H2,1H3. The Morgan fingerprint density at radius 3 is 2.67 bits per heavy atom. The number of nitro groups is 1. The Hall–Kier alpha value is -1.92. The monoisotopic (exact) mass is 350 g/mol. The maximum atomic E-state index is 10.9. The Labute approximate surface area is 131 Å². The minimum absolute atomic E-state index is 0.0582. The molecule has 0 aliphatic heterocycles. The summed E-state index contributed by atoms with van der Waals surface area (Å²) in [6, 6.07) is 12.7. The van der Waals surface area contributed by atoms with Crippen LogP contribution in [-0.2, 0) is 13.2 Å². The van der Waals surface area contributed by atoms with Gasteiger partial charge in [-0.15, -0.1) is 0 Å². The maximum absolute atomic E-state index is 10.9. The van der Waals surface area contributed by atoms with Gasteiger partial charge in [-0.05, 0) is 29.8 Å². The van der Waals surface area contributed by atoms with E-state index in [1.807, 2.05) is 36.2 Å². The SMILES string of the molecule is CN(Cc1cccc(Br)c1)c1ccc([N+](=O)[O-])c(CO)c1. The summed E-state index contributed by atoms with van der Waals surface area (Å²) in [4.78, 5) is 12.4. The van der Waals surface area contributed by atoms with Crippen LogP contribution in [0, 0.1) is 10.1 Å². The molecule has 0 aromatic heterocycles. The minimum atomic E-state index is -0.482. The summed E-state index contributed by atoms with van der Waals surface area (Å²) in [5.74, 6) is 0. The van der Waals surface area contributed by atoms with Crippen molar-refractivity contribution in [3.05, 3.63) is 68.2 Å².